The molecule has 12 heavy (non-hydrogen) atoms. The Bertz CT molecular complexity index is 154. The van der Waals surface area contributed by atoms with Gasteiger partial charge < -0.3 is 25.8 Å². The zero-order valence-electron chi connectivity index (χ0n) is 6.30. The molecule has 1 aliphatic rings. The molecular formula is C6H12FNO4. The van der Waals surface area contributed by atoms with Gasteiger partial charge >= 0.3 is 0 Å². The second kappa shape index (κ2) is 3.63. The number of aliphatic hydroxyl groups is 3. The molecule has 0 bridgehead atoms. The summed E-state index contributed by atoms with van der Waals surface area (Å²) in [5.41, 5.74) is 5.22. The van der Waals surface area contributed by atoms with E-state index in [1.54, 1.807) is 0 Å². The number of hydrogen-bond acceptors (Lipinski definition) is 5. The van der Waals surface area contributed by atoms with E-state index in [1.807, 2.05) is 0 Å². The minimum absolute atomic E-state index is 0.970. The Morgan fingerprint density at radius 3 is 2.33 bits per heavy atom. The van der Waals surface area contributed by atoms with Gasteiger partial charge in [0.25, 0.3) is 0 Å². The van der Waals surface area contributed by atoms with Crippen LogP contribution in [0.25, 0.3) is 0 Å². The van der Waals surface area contributed by atoms with E-state index in [2.05, 4.69) is 4.74 Å². The summed E-state index contributed by atoms with van der Waals surface area (Å²) in [7, 11) is 0. The fourth-order valence-corrected chi connectivity index (χ4v) is 1.09. The molecule has 1 aliphatic heterocycles. The van der Waals surface area contributed by atoms with Crippen LogP contribution in [0.2, 0.25) is 0 Å². The van der Waals surface area contributed by atoms with Crippen molar-refractivity contribution in [1.29, 1.82) is 0 Å². The van der Waals surface area contributed by atoms with Crippen LogP contribution in [0.15, 0.2) is 0 Å². The SMILES string of the molecule is N[C@@H]1C(O)O[C@@H](CF)[C@H](O)[C@H]1O. The molecule has 0 aromatic heterocycles. The number of ether oxygens (including phenoxy) is 1. The van der Waals surface area contributed by atoms with Crippen LogP contribution in [0.4, 0.5) is 4.39 Å². The van der Waals surface area contributed by atoms with E-state index in [0.717, 1.165) is 0 Å². The number of hydrogen-bond donors (Lipinski definition) is 4. The van der Waals surface area contributed by atoms with Crippen molar-refractivity contribution in [3.05, 3.63) is 0 Å². The van der Waals surface area contributed by atoms with Gasteiger partial charge in [-0.1, -0.05) is 0 Å². The molecule has 5 nitrogen and oxygen atoms in total. The van der Waals surface area contributed by atoms with Crippen molar-refractivity contribution >= 4 is 0 Å². The maximum Gasteiger partial charge on any atom is 0.173 e. The minimum atomic E-state index is -1.43. The zero-order chi connectivity index (χ0) is 9.30. The van der Waals surface area contributed by atoms with Gasteiger partial charge in [-0.3, -0.25) is 0 Å². The van der Waals surface area contributed by atoms with Gasteiger partial charge in [0.05, 0.1) is 6.04 Å². The van der Waals surface area contributed by atoms with Gasteiger partial charge in [-0.05, 0) is 0 Å². The molecule has 0 aromatic carbocycles. The van der Waals surface area contributed by atoms with E-state index in [-0.39, 0.29) is 0 Å². The first-order chi connectivity index (χ1) is 5.57. The van der Waals surface area contributed by atoms with Crippen LogP contribution < -0.4 is 5.73 Å². The Morgan fingerprint density at radius 1 is 1.25 bits per heavy atom. The van der Waals surface area contributed by atoms with Crippen LogP contribution in [-0.4, -0.2) is 52.6 Å². The Hall–Kier alpha value is -0.270. The van der Waals surface area contributed by atoms with Crippen molar-refractivity contribution in [2.45, 2.75) is 30.6 Å². The lowest BCUT2D eigenvalue weighted by molar-refractivity contribution is -0.244. The summed E-state index contributed by atoms with van der Waals surface area (Å²) in [6.07, 6.45) is -5.36. The van der Waals surface area contributed by atoms with Gasteiger partial charge in [0.2, 0.25) is 0 Å². The van der Waals surface area contributed by atoms with Gasteiger partial charge in [-0.2, -0.15) is 0 Å². The lowest BCUT2D eigenvalue weighted by Crippen LogP contribution is -2.61. The fraction of sp³-hybridized carbons (Fsp3) is 1.00. The topological polar surface area (TPSA) is 95.9 Å². The second-order valence-electron chi connectivity index (χ2n) is 2.78. The van der Waals surface area contributed by atoms with Crippen LogP contribution in [0.5, 0.6) is 0 Å². The summed E-state index contributed by atoms with van der Waals surface area (Å²) >= 11 is 0. The van der Waals surface area contributed by atoms with Crippen molar-refractivity contribution in [2.75, 3.05) is 6.67 Å². The molecule has 1 rings (SSSR count). The van der Waals surface area contributed by atoms with Crippen LogP contribution >= 0.6 is 0 Å². The quantitative estimate of drug-likeness (QED) is 0.365. The molecule has 0 spiro atoms. The fourth-order valence-electron chi connectivity index (χ4n) is 1.09. The third kappa shape index (κ3) is 1.57. The number of aliphatic hydroxyl groups excluding tert-OH is 3. The molecule has 1 heterocycles. The average Bonchev–Trinajstić information content (AvgIpc) is 2.08. The summed E-state index contributed by atoms with van der Waals surface area (Å²) in [5.74, 6) is 0. The van der Waals surface area contributed by atoms with Crippen LogP contribution in [-0.2, 0) is 4.74 Å². The Labute approximate surface area is 68.6 Å². The summed E-state index contributed by atoms with van der Waals surface area (Å²) in [6.45, 7) is -0.970. The maximum atomic E-state index is 12.1. The summed E-state index contributed by atoms with van der Waals surface area (Å²) < 4.78 is 16.6. The molecule has 1 unspecified atom stereocenters. The van der Waals surface area contributed by atoms with Crippen molar-refractivity contribution in [3.8, 4) is 0 Å². The van der Waals surface area contributed by atoms with Crippen molar-refractivity contribution < 1.29 is 24.4 Å². The van der Waals surface area contributed by atoms with E-state index in [0.29, 0.717) is 0 Å². The summed E-state index contributed by atoms with van der Waals surface area (Å²) in [4.78, 5) is 0. The molecule has 5 atom stereocenters. The van der Waals surface area contributed by atoms with Gasteiger partial charge in [-0.15, -0.1) is 0 Å². The molecule has 6 heteroatoms. The summed E-state index contributed by atoms with van der Waals surface area (Å²) in [5, 5.41) is 27.2. The first kappa shape index (κ1) is 9.82. The zero-order valence-corrected chi connectivity index (χ0v) is 6.30. The predicted octanol–water partition coefficient (Wildman–Crippen LogP) is -2.28. The lowest BCUT2D eigenvalue weighted by atomic mass is 9.98. The highest BCUT2D eigenvalue weighted by atomic mass is 19.1. The molecular weight excluding hydrogens is 169 g/mol. The van der Waals surface area contributed by atoms with Crippen LogP contribution in [0.1, 0.15) is 0 Å². The van der Waals surface area contributed by atoms with E-state index in [9.17, 15) is 4.39 Å². The molecule has 0 aromatic rings. The first-order valence-electron chi connectivity index (χ1n) is 3.59. The maximum absolute atomic E-state index is 12.1. The molecule has 0 radical (unpaired) electrons. The standard InChI is InChI=1S/C6H12FNO4/c7-1-2-4(9)5(10)3(8)6(11)12-2/h2-6,9-11H,1,8H2/t2-,3-,4-,5-,6?/m0/s1. The molecule has 1 saturated heterocycles. The molecule has 1 fully saturated rings. The van der Waals surface area contributed by atoms with Crippen LogP contribution in [0.3, 0.4) is 0 Å². The normalized spacial score (nSPS) is 49.2. The van der Waals surface area contributed by atoms with E-state index >= 15 is 0 Å². The van der Waals surface area contributed by atoms with Gasteiger partial charge in [0.1, 0.15) is 25.0 Å². The average molecular weight is 181 g/mol. The molecule has 72 valence electrons. The highest BCUT2D eigenvalue weighted by Gasteiger charge is 2.41. The number of rotatable bonds is 1. The van der Waals surface area contributed by atoms with Crippen molar-refractivity contribution in [2.24, 2.45) is 5.73 Å². The Morgan fingerprint density at radius 2 is 1.83 bits per heavy atom. The number of alkyl halides is 1. The van der Waals surface area contributed by atoms with Crippen LogP contribution in [0, 0.1) is 0 Å². The van der Waals surface area contributed by atoms with E-state index < -0.39 is 37.3 Å². The van der Waals surface area contributed by atoms with Crippen molar-refractivity contribution in [3.63, 3.8) is 0 Å². The lowest BCUT2D eigenvalue weighted by Gasteiger charge is -2.37. The van der Waals surface area contributed by atoms with Gasteiger partial charge in [0.15, 0.2) is 6.29 Å². The Kier molecular flexibility index (Phi) is 2.97. The highest BCUT2D eigenvalue weighted by Crippen LogP contribution is 2.18. The second-order valence-corrected chi connectivity index (χ2v) is 2.78. The summed E-state index contributed by atoms with van der Waals surface area (Å²) in [6, 6.07) is -1.09. The van der Waals surface area contributed by atoms with E-state index in [4.69, 9.17) is 21.1 Å². The number of halogens is 1. The van der Waals surface area contributed by atoms with Crippen molar-refractivity contribution in [1.82, 2.24) is 0 Å². The minimum Gasteiger partial charge on any atom is -0.388 e. The monoisotopic (exact) mass is 181 g/mol. The largest absolute Gasteiger partial charge is 0.388 e. The number of nitrogens with two attached hydrogens (primary N) is 1. The molecule has 0 amide bonds. The molecule has 5 N–H and O–H groups in total. The Balaban J connectivity index is 2.63. The molecule has 0 saturated carbocycles. The predicted molar refractivity (Wildman–Crippen MR) is 36.8 cm³/mol. The van der Waals surface area contributed by atoms with Gasteiger partial charge in [0, 0.05) is 0 Å². The highest BCUT2D eigenvalue weighted by molar-refractivity contribution is 4.90. The van der Waals surface area contributed by atoms with Gasteiger partial charge in [-0.25, -0.2) is 4.39 Å². The first-order valence-corrected chi connectivity index (χ1v) is 3.59. The van der Waals surface area contributed by atoms with E-state index in [1.165, 1.54) is 0 Å². The third-order valence-corrected chi connectivity index (χ3v) is 1.92. The smallest absolute Gasteiger partial charge is 0.173 e. The molecule has 0 aliphatic carbocycles. The third-order valence-electron chi connectivity index (χ3n) is 1.92.